The number of nitrogens with zero attached hydrogens (tertiary/aromatic N) is 2. The molecule has 2 rings (SSSR count). The summed E-state index contributed by atoms with van der Waals surface area (Å²) in [4.78, 5) is 13.9. The summed E-state index contributed by atoms with van der Waals surface area (Å²) in [6.45, 7) is 1.89. The molecular weight excluding hydrogens is 257 g/mol. The molecule has 2 aromatic rings. The van der Waals surface area contributed by atoms with Crippen LogP contribution < -0.4 is 5.32 Å². The Bertz CT molecular complexity index is 559. The lowest BCUT2D eigenvalue weighted by molar-refractivity contribution is -0.387. The Balaban J connectivity index is 2.15. The predicted molar refractivity (Wildman–Crippen MR) is 67.2 cm³/mol. The van der Waals surface area contributed by atoms with Gasteiger partial charge in [0, 0.05) is 29.4 Å². The number of hydrogen-bond acceptors (Lipinski definition) is 5. The van der Waals surface area contributed by atoms with Crippen molar-refractivity contribution >= 4 is 22.7 Å². The van der Waals surface area contributed by atoms with E-state index in [4.69, 9.17) is 0 Å². The van der Waals surface area contributed by atoms with E-state index >= 15 is 0 Å². The maximum Gasteiger partial charge on any atom is 0.304 e. The summed E-state index contributed by atoms with van der Waals surface area (Å²) in [6.07, 6.45) is 1.69. The Hall–Kier alpha value is -2.02. The Morgan fingerprint density at radius 1 is 1.56 bits per heavy atom. The number of halogens is 1. The average molecular weight is 267 g/mol. The molecule has 7 heteroatoms. The van der Waals surface area contributed by atoms with Gasteiger partial charge in [-0.05, 0) is 13.0 Å². The predicted octanol–water partition coefficient (Wildman–Crippen LogP) is 3.36. The normalized spacial score (nSPS) is 12.1. The Morgan fingerprint density at radius 2 is 2.33 bits per heavy atom. The molecule has 0 fully saturated rings. The maximum atomic E-state index is 13.4. The van der Waals surface area contributed by atoms with Crippen LogP contribution in [0.25, 0.3) is 0 Å². The first-order valence-corrected chi connectivity index (χ1v) is 6.06. The zero-order valence-corrected chi connectivity index (χ0v) is 10.3. The van der Waals surface area contributed by atoms with Gasteiger partial charge >= 0.3 is 5.69 Å². The number of nitro benzene ring substituents is 1. The van der Waals surface area contributed by atoms with Crippen molar-refractivity contribution in [1.82, 2.24) is 4.98 Å². The quantitative estimate of drug-likeness (QED) is 0.681. The van der Waals surface area contributed by atoms with Crippen molar-refractivity contribution < 1.29 is 9.31 Å². The Labute approximate surface area is 106 Å². The number of nitro groups is 1. The highest BCUT2D eigenvalue weighted by molar-refractivity contribution is 7.09. The molecule has 0 spiro atoms. The molecule has 5 nitrogen and oxygen atoms in total. The van der Waals surface area contributed by atoms with Gasteiger partial charge in [0.2, 0.25) is 5.82 Å². The molecule has 1 N–H and O–H groups in total. The summed E-state index contributed by atoms with van der Waals surface area (Å²) in [5, 5.41) is 16.2. The molecule has 0 saturated carbocycles. The zero-order chi connectivity index (χ0) is 13.1. The van der Waals surface area contributed by atoms with Crippen molar-refractivity contribution in [2.24, 2.45) is 0 Å². The smallest absolute Gasteiger partial charge is 0.304 e. The van der Waals surface area contributed by atoms with E-state index in [1.807, 2.05) is 12.3 Å². The number of rotatable bonds is 4. The molecule has 94 valence electrons. The van der Waals surface area contributed by atoms with E-state index in [0.29, 0.717) is 5.69 Å². The zero-order valence-electron chi connectivity index (χ0n) is 9.46. The number of hydrogen-bond donors (Lipinski definition) is 1. The van der Waals surface area contributed by atoms with Gasteiger partial charge in [0.05, 0.1) is 11.0 Å². The highest BCUT2D eigenvalue weighted by Gasteiger charge is 2.15. The second-order valence-electron chi connectivity index (χ2n) is 3.66. The number of anilines is 1. The minimum Gasteiger partial charge on any atom is -0.376 e. The third-order valence-electron chi connectivity index (χ3n) is 2.35. The lowest BCUT2D eigenvalue weighted by Crippen LogP contribution is -2.06. The third kappa shape index (κ3) is 2.62. The molecule has 0 bridgehead atoms. The van der Waals surface area contributed by atoms with Crippen LogP contribution in [0.2, 0.25) is 0 Å². The number of nitrogens with one attached hydrogen (secondary N) is 1. The molecule has 18 heavy (non-hydrogen) atoms. The lowest BCUT2D eigenvalue weighted by Gasteiger charge is -2.12. The van der Waals surface area contributed by atoms with Gasteiger partial charge in [-0.25, -0.2) is 4.98 Å². The number of thiazole rings is 1. The van der Waals surface area contributed by atoms with Crippen molar-refractivity contribution in [3.05, 3.63) is 50.7 Å². The second kappa shape index (κ2) is 5.09. The van der Waals surface area contributed by atoms with Gasteiger partial charge in [0.25, 0.3) is 0 Å². The summed E-state index contributed by atoms with van der Waals surface area (Å²) in [5.74, 6) is -0.851. The van der Waals surface area contributed by atoms with Gasteiger partial charge in [-0.15, -0.1) is 11.3 Å². The summed E-state index contributed by atoms with van der Waals surface area (Å²) in [5.41, 5.74) is -0.0387. The molecule has 1 aromatic carbocycles. The average Bonchev–Trinajstić information content (AvgIpc) is 2.81. The van der Waals surface area contributed by atoms with Crippen molar-refractivity contribution in [3.8, 4) is 0 Å². The van der Waals surface area contributed by atoms with Gasteiger partial charge in [-0.1, -0.05) is 0 Å². The SMILES string of the molecule is CC(Nc1ccc([N+](=O)[O-])c(F)c1)c1nccs1. The van der Waals surface area contributed by atoms with Crippen LogP contribution in [-0.2, 0) is 0 Å². The Morgan fingerprint density at radius 3 is 2.89 bits per heavy atom. The Kier molecular flexibility index (Phi) is 3.52. The van der Waals surface area contributed by atoms with Crippen LogP contribution in [0.4, 0.5) is 15.8 Å². The molecular formula is C11H10FN3O2S. The van der Waals surface area contributed by atoms with Crippen LogP contribution >= 0.6 is 11.3 Å². The van der Waals surface area contributed by atoms with Crippen molar-refractivity contribution in [3.63, 3.8) is 0 Å². The second-order valence-corrected chi connectivity index (χ2v) is 4.59. The van der Waals surface area contributed by atoms with Crippen LogP contribution in [0.3, 0.4) is 0 Å². The van der Waals surface area contributed by atoms with Gasteiger partial charge in [-0.2, -0.15) is 4.39 Å². The molecule has 0 saturated heterocycles. The van der Waals surface area contributed by atoms with E-state index in [1.54, 1.807) is 6.20 Å². The van der Waals surface area contributed by atoms with Gasteiger partial charge in [-0.3, -0.25) is 10.1 Å². The summed E-state index contributed by atoms with van der Waals surface area (Å²) < 4.78 is 13.4. The monoisotopic (exact) mass is 267 g/mol. The van der Waals surface area contributed by atoms with Gasteiger partial charge in [0.1, 0.15) is 5.01 Å². The van der Waals surface area contributed by atoms with E-state index in [0.717, 1.165) is 17.1 Å². The van der Waals surface area contributed by atoms with Crippen LogP contribution in [0, 0.1) is 15.9 Å². The number of aromatic nitrogens is 1. The topological polar surface area (TPSA) is 68.1 Å². The lowest BCUT2D eigenvalue weighted by atomic mass is 10.2. The van der Waals surface area contributed by atoms with Crippen LogP contribution in [0.5, 0.6) is 0 Å². The fourth-order valence-corrected chi connectivity index (χ4v) is 2.15. The number of benzene rings is 1. The summed E-state index contributed by atoms with van der Waals surface area (Å²) in [6, 6.07) is 3.66. The summed E-state index contributed by atoms with van der Waals surface area (Å²) >= 11 is 1.49. The van der Waals surface area contributed by atoms with E-state index < -0.39 is 16.4 Å². The van der Waals surface area contributed by atoms with Crippen LogP contribution in [0.1, 0.15) is 18.0 Å². The molecule has 1 unspecified atom stereocenters. The highest BCUT2D eigenvalue weighted by atomic mass is 32.1. The highest BCUT2D eigenvalue weighted by Crippen LogP contribution is 2.25. The van der Waals surface area contributed by atoms with E-state index in [9.17, 15) is 14.5 Å². The standard InChI is InChI=1S/C11H10FN3O2S/c1-7(11-13-4-5-18-11)14-8-2-3-10(15(16)17)9(12)6-8/h2-7,14H,1H3. The molecule has 0 aliphatic rings. The minimum atomic E-state index is -0.851. The summed E-state index contributed by atoms with van der Waals surface area (Å²) in [7, 11) is 0. The molecule has 0 aliphatic carbocycles. The van der Waals surface area contributed by atoms with Crippen molar-refractivity contribution in [2.45, 2.75) is 13.0 Å². The van der Waals surface area contributed by atoms with Gasteiger partial charge < -0.3 is 5.32 Å². The minimum absolute atomic E-state index is 0.0779. The van der Waals surface area contributed by atoms with Crippen molar-refractivity contribution in [2.75, 3.05) is 5.32 Å². The molecule has 1 heterocycles. The van der Waals surface area contributed by atoms with Crippen LogP contribution in [0.15, 0.2) is 29.8 Å². The largest absolute Gasteiger partial charge is 0.376 e. The van der Waals surface area contributed by atoms with Crippen LogP contribution in [-0.4, -0.2) is 9.91 Å². The van der Waals surface area contributed by atoms with E-state index in [2.05, 4.69) is 10.3 Å². The molecule has 0 aliphatic heterocycles. The fourth-order valence-electron chi connectivity index (χ4n) is 1.50. The molecule has 1 aromatic heterocycles. The molecule has 1 atom stereocenters. The maximum absolute atomic E-state index is 13.4. The first kappa shape index (κ1) is 12.4. The van der Waals surface area contributed by atoms with E-state index in [-0.39, 0.29) is 6.04 Å². The van der Waals surface area contributed by atoms with Crippen molar-refractivity contribution in [1.29, 1.82) is 0 Å². The first-order valence-electron chi connectivity index (χ1n) is 5.18. The first-order chi connectivity index (χ1) is 8.58. The molecule has 0 radical (unpaired) electrons. The fraction of sp³-hybridized carbons (Fsp3) is 0.182. The van der Waals surface area contributed by atoms with E-state index in [1.165, 1.54) is 17.4 Å². The molecule has 0 amide bonds. The van der Waals surface area contributed by atoms with Gasteiger partial charge in [0.15, 0.2) is 0 Å². The third-order valence-corrected chi connectivity index (χ3v) is 3.31.